The van der Waals surface area contributed by atoms with E-state index in [0.717, 1.165) is 5.56 Å². The molecule has 31 heavy (non-hydrogen) atoms. The summed E-state index contributed by atoms with van der Waals surface area (Å²) < 4.78 is 12.7. The Labute approximate surface area is 186 Å². The summed E-state index contributed by atoms with van der Waals surface area (Å²) in [6.07, 6.45) is -0.653. The lowest BCUT2D eigenvalue weighted by atomic mass is 9.87. The minimum atomic E-state index is -2.65. The molecule has 1 aliphatic rings. The van der Waals surface area contributed by atoms with E-state index >= 15 is 0 Å². The molecular weight excluding hydrogens is 400 g/mol. The molecule has 3 aromatic rings. The zero-order valence-electron chi connectivity index (χ0n) is 18.6. The van der Waals surface area contributed by atoms with Crippen molar-refractivity contribution in [2.75, 3.05) is 13.2 Å². The van der Waals surface area contributed by atoms with Crippen LogP contribution in [0.1, 0.15) is 32.4 Å². The minimum absolute atomic E-state index is 0.0422. The van der Waals surface area contributed by atoms with Crippen LogP contribution in [0.15, 0.2) is 91.0 Å². The Bertz CT molecular complexity index is 915. The molecule has 0 radical (unpaired) electrons. The van der Waals surface area contributed by atoms with Crippen LogP contribution in [0.25, 0.3) is 0 Å². The lowest BCUT2D eigenvalue weighted by molar-refractivity contribution is -0.167. The summed E-state index contributed by atoms with van der Waals surface area (Å²) in [6.45, 7) is 7.62. The second-order valence-electron chi connectivity index (χ2n) is 9.37. The first-order chi connectivity index (χ1) is 14.9. The third kappa shape index (κ3) is 4.26. The molecule has 1 N–H and O–H groups in total. The van der Waals surface area contributed by atoms with Crippen molar-refractivity contribution in [3.63, 3.8) is 0 Å². The molecule has 0 amide bonds. The first-order valence-corrected chi connectivity index (χ1v) is 12.9. The summed E-state index contributed by atoms with van der Waals surface area (Å²) in [5.74, 6) is 0.0422. The van der Waals surface area contributed by atoms with Gasteiger partial charge in [-0.15, -0.1) is 0 Å². The molecule has 1 heterocycles. The molecule has 1 aliphatic heterocycles. The standard InChI is InChI=1S/C27H32O3Si/c1-27(2,3)31(22-15-9-5-10-16-22,23-17-11-6-12-18-23)30-20-25(28)24-19-29-26(24)21-13-7-4-8-14-21/h4-18,24-26,28H,19-20H2,1-3H3/t24-,25?,26-/m0/s1. The number of aliphatic hydroxyl groups excluding tert-OH is 1. The Balaban J connectivity index is 1.63. The normalized spacial score (nSPS) is 20.1. The highest BCUT2D eigenvalue weighted by molar-refractivity contribution is 6.99. The van der Waals surface area contributed by atoms with Crippen molar-refractivity contribution in [3.05, 3.63) is 96.6 Å². The molecule has 162 valence electrons. The fourth-order valence-corrected chi connectivity index (χ4v) is 9.27. The Morgan fingerprint density at radius 3 is 1.77 bits per heavy atom. The summed E-state index contributed by atoms with van der Waals surface area (Å²) in [6, 6.07) is 31.3. The number of rotatable bonds is 7. The Morgan fingerprint density at radius 2 is 1.35 bits per heavy atom. The quantitative estimate of drug-likeness (QED) is 0.566. The zero-order valence-corrected chi connectivity index (χ0v) is 19.6. The highest BCUT2D eigenvalue weighted by Crippen LogP contribution is 2.40. The van der Waals surface area contributed by atoms with E-state index in [1.165, 1.54) is 10.4 Å². The van der Waals surface area contributed by atoms with Crippen molar-refractivity contribution in [2.45, 2.75) is 38.0 Å². The van der Waals surface area contributed by atoms with Gasteiger partial charge in [-0.1, -0.05) is 112 Å². The van der Waals surface area contributed by atoms with Crippen molar-refractivity contribution >= 4 is 18.7 Å². The van der Waals surface area contributed by atoms with Crippen molar-refractivity contribution in [1.29, 1.82) is 0 Å². The lowest BCUT2D eigenvalue weighted by Crippen LogP contribution is -2.67. The second kappa shape index (κ2) is 9.09. The van der Waals surface area contributed by atoms with E-state index in [-0.39, 0.29) is 17.1 Å². The van der Waals surface area contributed by atoms with Gasteiger partial charge in [-0.25, -0.2) is 0 Å². The van der Waals surface area contributed by atoms with Gasteiger partial charge in [0.25, 0.3) is 8.32 Å². The number of hydrogen-bond donors (Lipinski definition) is 1. The van der Waals surface area contributed by atoms with Gasteiger partial charge in [0.05, 0.1) is 25.4 Å². The van der Waals surface area contributed by atoms with Gasteiger partial charge >= 0.3 is 0 Å². The molecule has 1 saturated heterocycles. The smallest absolute Gasteiger partial charge is 0.261 e. The van der Waals surface area contributed by atoms with Crippen LogP contribution in [-0.4, -0.2) is 32.7 Å². The van der Waals surface area contributed by atoms with E-state index in [1.807, 2.05) is 30.3 Å². The molecule has 0 spiro atoms. The topological polar surface area (TPSA) is 38.7 Å². The largest absolute Gasteiger partial charge is 0.405 e. The second-order valence-corrected chi connectivity index (χ2v) is 13.7. The predicted molar refractivity (Wildman–Crippen MR) is 128 cm³/mol. The van der Waals surface area contributed by atoms with Crippen LogP contribution in [0.3, 0.4) is 0 Å². The molecule has 4 rings (SSSR count). The number of hydrogen-bond acceptors (Lipinski definition) is 3. The summed E-state index contributed by atoms with van der Waals surface area (Å²) >= 11 is 0. The van der Waals surface area contributed by atoms with Crippen LogP contribution in [0.5, 0.6) is 0 Å². The van der Waals surface area contributed by atoms with Crippen LogP contribution in [0.4, 0.5) is 0 Å². The van der Waals surface area contributed by atoms with Crippen molar-refractivity contribution < 1.29 is 14.3 Å². The van der Waals surface area contributed by atoms with Gasteiger partial charge in [0, 0.05) is 5.92 Å². The number of benzene rings is 3. The van der Waals surface area contributed by atoms with Gasteiger partial charge in [0.15, 0.2) is 0 Å². The fourth-order valence-electron chi connectivity index (χ4n) is 4.70. The molecule has 0 aliphatic carbocycles. The molecule has 0 bridgehead atoms. The van der Waals surface area contributed by atoms with Gasteiger partial charge in [-0.05, 0) is 21.0 Å². The number of ether oxygens (including phenoxy) is 1. The summed E-state index contributed by atoms with van der Waals surface area (Å²) in [7, 11) is -2.65. The van der Waals surface area contributed by atoms with Crippen LogP contribution in [-0.2, 0) is 9.16 Å². The van der Waals surface area contributed by atoms with E-state index in [0.29, 0.717) is 13.2 Å². The third-order valence-electron chi connectivity index (χ3n) is 6.37. The maximum atomic E-state index is 11.1. The van der Waals surface area contributed by atoms with Crippen LogP contribution in [0, 0.1) is 5.92 Å². The molecule has 0 saturated carbocycles. The highest BCUT2D eigenvalue weighted by Gasteiger charge is 2.51. The van der Waals surface area contributed by atoms with Gasteiger partial charge in [-0.2, -0.15) is 0 Å². The minimum Gasteiger partial charge on any atom is -0.405 e. The van der Waals surface area contributed by atoms with Gasteiger partial charge in [-0.3, -0.25) is 0 Å². The molecule has 0 aromatic heterocycles. The molecule has 1 unspecified atom stereocenters. The van der Waals surface area contributed by atoms with E-state index in [2.05, 4.69) is 81.4 Å². The Kier molecular flexibility index (Phi) is 6.44. The first kappa shape index (κ1) is 22.0. The lowest BCUT2D eigenvalue weighted by Gasteiger charge is -2.45. The molecular formula is C27H32O3Si. The molecule has 3 aromatic carbocycles. The summed E-state index contributed by atoms with van der Waals surface area (Å²) in [4.78, 5) is 0. The van der Waals surface area contributed by atoms with Gasteiger partial charge in [0.2, 0.25) is 0 Å². The third-order valence-corrected chi connectivity index (χ3v) is 11.4. The average molecular weight is 433 g/mol. The molecule has 1 fully saturated rings. The molecule has 4 heteroatoms. The fraction of sp³-hybridized carbons (Fsp3) is 0.333. The summed E-state index contributed by atoms with van der Waals surface area (Å²) in [5, 5.41) is 13.5. The Morgan fingerprint density at radius 1 is 0.871 bits per heavy atom. The summed E-state index contributed by atoms with van der Waals surface area (Å²) in [5.41, 5.74) is 1.11. The van der Waals surface area contributed by atoms with Crippen molar-refractivity contribution in [2.24, 2.45) is 5.92 Å². The first-order valence-electron chi connectivity index (χ1n) is 11.0. The predicted octanol–water partition coefficient (Wildman–Crippen LogP) is 4.31. The van der Waals surface area contributed by atoms with E-state index in [9.17, 15) is 5.11 Å². The maximum absolute atomic E-state index is 11.1. The monoisotopic (exact) mass is 432 g/mol. The number of aliphatic hydroxyl groups is 1. The van der Waals surface area contributed by atoms with E-state index in [4.69, 9.17) is 9.16 Å². The average Bonchev–Trinajstić information content (AvgIpc) is 2.75. The Hall–Kier alpha value is -2.24. The highest BCUT2D eigenvalue weighted by atomic mass is 28.4. The van der Waals surface area contributed by atoms with Crippen molar-refractivity contribution in [1.82, 2.24) is 0 Å². The van der Waals surface area contributed by atoms with Crippen LogP contribution < -0.4 is 10.4 Å². The van der Waals surface area contributed by atoms with E-state index in [1.54, 1.807) is 0 Å². The van der Waals surface area contributed by atoms with Gasteiger partial charge < -0.3 is 14.3 Å². The molecule has 3 atom stereocenters. The SMILES string of the molecule is CC(C)(C)[Si](OCC(O)[C@@H]1CO[C@H]1c1ccccc1)(c1ccccc1)c1ccccc1. The van der Waals surface area contributed by atoms with Crippen LogP contribution >= 0.6 is 0 Å². The maximum Gasteiger partial charge on any atom is 0.261 e. The molecule has 3 nitrogen and oxygen atoms in total. The van der Waals surface area contributed by atoms with Crippen molar-refractivity contribution in [3.8, 4) is 0 Å². The van der Waals surface area contributed by atoms with Crippen LogP contribution in [0.2, 0.25) is 5.04 Å². The zero-order chi connectivity index (χ0) is 21.9. The van der Waals surface area contributed by atoms with Gasteiger partial charge in [0.1, 0.15) is 0 Å². The van der Waals surface area contributed by atoms with E-state index < -0.39 is 14.4 Å².